The Kier molecular flexibility index (Phi) is 4.54. The van der Waals surface area contributed by atoms with Crippen molar-refractivity contribution in [2.45, 2.75) is 23.5 Å². The average molecular weight is 394 g/mol. The Hall–Kier alpha value is -2.01. The Morgan fingerprint density at radius 3 is 2.76 bits per heavy atom. The quantitative estimate of drug-likeness (QED) is 0.810. The summed E-state index contributed by atoms with van der Waals surface area (Å²) in [6, 6.07) is 0.273. The molecule has 1 N–H and O–H groups in total. The molecule has 0 saturated carbocycles. The molecule has 0 aliphatic carbocycles. The number of rotatable bonds is 3. The molecule has 1 aliphatic heterocycles. The van der Waals surface area contributed by atoms with Crippen LogP contribution in [0.3, 0.4) is 0 Å². The van der Waals surface area contributed by atoms with E-state index in [9.17, 15) is 22.8 Å². The minimum absolute atomic E-state index is 0.0516. The number of carbonyl (C=O) groups is 2. The lowest BCUT2D eigenvalue weighted by Crippen LogP contribution is -2.39. The Morgan fingerprint density at radius 2 is 2.16 bits per heavy atom. The highest BCUT2D eigenvalue weighted by molar-refractivity contribution is 8.00. The fourth-order valence-corrected chi connectivity index (χ4v) is 3.41. The lowest BCUT2D eigenvalue weighted by atomic mass is 10.3. The second-order valence-corrected chi connectivity index (χ2v) is 6.95. The Bertz CT molecular complexity index is 856. The van der Waals surface area contributed by atoms with Gasteiger partial charge in [-0.3, -0.25) is 14.1 Å². The molecule has 134 valence electrons. The summed E-state index contributed by atoms with van der Waals surface area (Å²) in [4.78, 5) is 24.9. The van der Waals surface area contributed by atoms with Crippen LogP contribution in [0.5, 0.6) is 0 Å². The normalized spacial score (nSPS) is 16.4. The first-order valence-corrected chi connectivity index (χ1v) is 8.31. The van der Waals surface area contributed by atoms with E-state index in [2.05, 4.69) is 15.5 Å². The maximum absolute atomic E-state index is 12.9. The number of carbonyl (C=O) groups excluding carboxylic acids is 2. The number of aromatic nitrogens is 3. The van der Waals surface area contributed by atoms with Gasteiger partial charge in [0, 0.05) is 19.3 Å². The summed E-state index contributed by atoms with van der Waals surface area (Å²) in [5.74, 6) is -0.463. The van der Waals surface area contributed by atoms with Gasteiger partial charge in [-0.2, -0.15) is 13.2 Å². The standard InChI is InChI=1S/C13H11ClF3N5O2S/c1-6(10(23)21-3-2-18-11(21)24)25-12-20-19-9-8(14)4-7(5-22(9)12)13(15,16)17/h4-6H,2-3H2,1H3,(H,18,24). The van der Waals surface area contributed by atoms with Crippen molar-refractivity contribution >= 4 is 40.9 Å². The van der Waals surface area contributed by atoms with Crippen LogP contribution in [0.15, 0.2) is 17.4 Å². The van der Waals surface area contributed by atoms with E-state index in [1.165, 1.54) is 6.92 Å². The number of fused-ring (bicyclic) bond motifs is 1. The van der Waals surface area contributed by atoms with Crippen LogP contribution in [-0.4, -0.2) is 49.8 Å². The van der Waals surface area contributed by atoms with Crippen molar-refractivity contribution in [1.82, 2.24) is 24.8 Å². The van der Waals surface area contributed by atoms with Gasteiger partial charge in [0.05, 0.1) is 15.8 Å². The van der Waals surface area contributed by atoms with E-state index in [0.29, 0.717) is 6.54 Å². The molecule has 2 aromatic rings. The number of imide groups is 1. The molecule has 0 bridgehead atoms. The number of hydrogen-bond acceptors (Lipinski definition) is 5. The van der Waals surface area contributed by atoms with E-state index >= 15 is 0 Å². The molecular formula is C13H11ClF3N5O2S. The maximum Gasteiger partial charge on any atom is 0.417 e. The van der Waals surface area contributed by atoms with Crippen molar-refractivity contribution in [3.8, 4) is 0 Å². The summed E-state index contributed by atoms with van der Waals surface area (Å²) in [6.45, 7) is 2.14. The topological polar surface area (TPSA) is 79.6 Å². The minimum Gasteiger partial charge on any atom is -0.336 e. The molecular weight excluding hydrogens is 383 g/mol. The lowest BCUT2D eigenvalue weighted by Gasteiger charge is -2.16. The van der Waals surface area contributed by atoms with Crippen LogP contribution in [-0.2, 0) is 11.0 Å². The number of alkyl halides is 3. The molecule has 1 saturated heterocycles. The predicted octanol–water partition coefficient (Wildman–Crippen LogP) is 2.43. The smallest absolute Gasteiger partial charge is 0.336 e. The SMILES string of the molecule is CC(Sc1nnc2c(Cl)cc(C(F)(F)F)cn12)C(=O)N1CCNC1=O. The van der Waals surface area contributed by atoms with Gasteiger partial charge in [-0.1, -0.05) is 23.4 Å². The number of thioether (sulfide) groups is 1. The lowest BCUT2D eigenvalue weighted by molar-refractivity contribution is -0.138. The number of nitrogens with zero attached hydrogens (tertiary/aromatic N) is 4. The van der Waals surface area contributed by atoms with Gasteiger partial charge in [-0.05, 0) is 13.0 Å². The number of nitrogens with one attached hydrogen (secondary N) is 1. The van der Waals surface area contributed by atoms with Crippen LogP contribution in [0, 0.1) is 0 Å². The Labute approximate surface area is 148 Å². The van der Waals surface area contributed by atoms with Crippen molar-refractivity contribution in [2.24, 2.45) is 0 Å². The second-order valence-electron chi connectivity index (χ2n) is 5.23. The van der Waals surface area contributed by atoms with Crippen LogP contribution < -0.4 is 5.32 Å². The fourth-order valence-electron chi connectivity index (χ4n) is 2.28. The molecule has 3 heterocycles. The Morgan fingerprint density at radius 1 is 1.44 bits per heavy atom. The molecule has 1 fully saturated rings. The van der Waals surface area contributed by atoms with Crippen molar-refractivity contribution in [1.29, 1.82) is 0 Å². The second kappa shape index (κ2) is 6.37. The predicted molar refractivity (Wildman–Crippen MR) is 83.4 cm³/mol. The van der Waals surface area contributed by atoms with Gasteiger partial charge in [-0.25, -0.2) is 4.79 Å². The van der Waals surface area contributed by atoms with Crippen molar-refractivity contribution in [3.05, 3.63) is 22.8 Å². The van der Waals surface area contributed by atoms with Crippen molar-refractivity contribution in [3.63, 3.8) is 0 Å². The summed E-state index contributed by atoms with van der Waals surface area (Å²) in [7, 11) is 0. The molecule has 12 heteroatoms. The average Bonchev–Trinajstić information content (AvgIpc) is 3.12. The number of urea groups is 1. The van der Waals surface area contributed by atoms with E-state index in [0.717, 1.165) is 33.3 Å². The van der Waals surface area contributed by atoms with Crippen LogP contribution in [0.1, 0.15) is 12.5 Å². The van der Waals surface area contributed by atoms with E-state index in [-0.39, 0.29) is 22.4 Å². The molecule has 0 spiro atoms. The van der Waals surface area contributed by atoms with E-state index < -0.39 is 28.9 Å². The number of halogens is 4. The first-order valence-electron chi connectivity index (χ1n) is 7.06. The third-order valence-corrected chi connectivity index (χ3v) is 4.83. The van der Waals surface area contributed by atoms with Gasteiger partial charge in [0.25, 0.3) is 0 Å². The third-order valence-electron chi connectivity index (χ3n) is 3.51. The molecule has 3 rings (SSSR count). The molecule has 1 aliphatic rings. The van der Waals surface area contributed by atoms with Crippen molar-refractivity contribution in [2.75, 3.05) is 13.1 Å². The molecule has 1 unspecified atom stereocenters. The van der Waals surface area contributed by atoms with Crippen LogP contribution in [0.2, 0.25) is 5.02 Å². The summed E-state index contributed by atoms with van der Waals surface area (Å²) >= 11 is 6.74. The largest absolute Gasteiger partial charge is 0.417 e. The number of hydrogen-bond donors (Lipinski definition) is 1. The minimum atomic E-state index is -4.58. The van der Waals surface area contributed by atoms with Gasteiger partial charge in [-0.15, -0.1) is 10.2 Å². The molecule has 7 nitrogen and oxygen atoms in total. The van der Waals surface area contributed by atoms with Gasteiger partial charge < -0.3 is 5.32 Å². The first-order chi connectivity index (χ1) is 11.7. The number of pyridine rings is 1. The van der Waals surface area contributed by atoms with Crippen molar-refractivity contribution < 1.29 is 22.8 Å². The summed E-state index contributed by atoms with van der Waals surface area (Å²) in [5.41, 5.74) is -0.903. The summed E-state index contributed by atoms with van der Waals surface area (Å²) in [5, 5.41) is 9.19. The highest BCUT2D eigenvalue weighted by Gasteiger charge is 2.33. The van der Waals surface area contributed by atoms with Gasteiger partial charge in [0.15, 0.2) is 10.8 Å². The van der Waals surface area contributed by atoms with Gasteiger partial charge in [0.2, 0.25) is 5.91 Å². The fraction of sp³-hybridized carbons (Fsp3) is 0.385. The zero-order valence-electron chi connectivity index (χ0n) is 12.7. The summed E-state index contributed by atoms with van der Waals surface area (Å²) in [6.07, 6.45) is -3.76. The van der Waals surface area contributed by atoms with Gasteiger partial charge >= 0.3 is 12.2 Å². The molecule has 0 aromatic carbocycles. The molecule has 1 atom stereocenters. The summed E-state index contributed by atoms with van der Waals surface area (Å²) < 4.78 is 39.9. The van der Waals surface area contributed by atoms with Gasteiger partial charge in [0.1, 0.15) is 0 Å². The molecule has 25 heavy (non-hydrogen) atoms. The number of amides is 3. The Balaban J connectivity index is 1.90. The van der Waals surface area contributed by atoms with Crippen LogP contribution in [0.25, 0.3) is 5.65 Å². The van der Waals surface area contributed by atoms with Crippen LogP contribution in [0.4, 0.5) is 18.0 Å². The maximum atomic E-state index is 12.9. The van der Waals surface area contributed by atoms with E-state index in [1.54, 1.807) is 0 Å². The highest BCUT2D eigenvalue weighted by atomic mass is 35.5. The van der Waals surface area contributed by atoms with Crippen LogP contribution >= 0.6 is 23.4 Å². The highest BCUT2D eigenvalue weighted by Crippen LogP contribution is 2.34. The third kappa shape index (κ3) is 3.38. The first kappa shape index (κ1) is 17.8. The zero-order valence-corrected chi connectivity index (χ0v) is 14.2. The van der Waals surface area contributed by atoms with E-state index in [4.69, 9.17) is 11.6 Å². The monoisotopic (exact) mass is 393 g/mol. The molecule has 3 amide bonds. The molecule has 2 aromatic heterocycles. The zero-order chi connectivity index (χ0) is 18.4. The molecule has 0 radical (unpaired) electrons. The van der Waals surface area contributed by atoms with E-state index in [1.807, 2.05) is 0 Å².